The van der Waals surface area contributed by atoms with Crippen LogP contribution in [0.15, 0.2) is 11.6 Å². The first-order valence-electron chi connectivity index (χ1n) is 7.45. The Kier molecular flexibility index (Phi) is 3.06. The summed E-state index contributed by atoms with van der Waals surface area (Å²) in [6.45, 7) is 8.24. The van der Waals surface area contributed by atoms with E-state index in [-0.39, 0.29) is 0 Å². The van der Waals surface area contributed by atoms with E-state index in [0.29, 0.717) is 6.10 Å². The van der Waals surface area contributed by atoms with Crippen molar-refractivity contribution < 1.29 is 4.74 Å². The van der Waals surface area contributed by atoms with E-state index in [1.165, 1.54) is 25.7 Å². The van der Waals surface area contributed by atoms with Gasteiger partial charge in [-0.05, 0) is 55.8 Å². The Bertz CT molecular complexity index is 315. The summed E-state index contributed by atoms with van der Waals surface area (Å²) >= 11 is 0. The van der Waals surface area contributed by atoms with Gasteiger partial charge in [-0.15, -0.1) is 0 Å². The molecule has 0 bridgehead atoms. The van der Waals surface area contributed by atoms with Crippen LogP contribution in [0.5, 0.6) is 0 Å². The molecular formula is C16H26O. The molecule has 3 rings (SSSR count). The highest BCUT2D eigenvalue weighted by molar-refractivity contribution is 5.11. The molecule has 1 saturated carbocycles. The second-order valence-electron chi connectivity index (χ2n) is 6.74. The Morgan fingerprint density at radius 3 is 2.76 bits per heavy atom. The molecule has 0 radical (unpaired) electrons. The van der Waals surface area contributed by atoms with Crippen LogP contribution in [0, 0.1) is 29.6 Å². The normalized spacial score (nSPS) is 47.0. The molecule has 3 aliphatic rings. The molecule has 0 aromatic carbocycles. The third kappa shape index (κ3) is 2.19. The van der Waals surface area contributed by atoms with Gasteiger partial charge in [0, 0.05) is 0 Å². The largest absolute Gasteiger partial charge is 0.373 e. The van der Waals surface area contributed by atoms with Crippen LogP contribution in [0.4, 0.5) is 0 Å². The minimum absolute atomic E-state index is 0.588. The van der Waals surface area contributed by atoms with Crippen molar-refractivity contribution in [1.29, 1.82) is 0 Å². The quantitative estimate of drug-likeness (QED) is 0.519. The third-order valence-corrected chi connectivity index (χ3v) is 5.64. The second kappa shape index (κ2) is 4.42. The number of epoxide rings is 1. The Morgan fingerprint density at radius 1 is 1.29 bits per heavy atom. The zero-order chi connectivity index (χ0) is 12.0. The van der Waals surface area contributed by atoms with E-state index in [1.54, 1.807) is 5.57 Å². The summed E-state index contributed by atoms with van der Waals surface area (Å²) < 4.78 is 5.54. The number of allylic oxidation sites excluding steroid dienone is 2. The van der Waals surface area contributed by atoms with Crippen LogP contribution < -0.4 is 0 Å². The standard InChI is InChI=1S/C16H26O/c1-10-4-6-13-11(2)5-7-14(15(13)8-10)12(3)16-9-17-16/h8,11-16H,4-7,9H2,1-3H3/t11-,12-,13+,14+,15+,16-/m1/s1. The van der Waals surface area contributed by atoms with Crippen LogP contribution >= 0.6 is 0 Å². The Hall–Kier alpha value is -0.300. The molecule has 17 heavy (non-hydrogen) atoms. The van der Waals surface area contributed by atoms with Crippen LogP contribution in [0.25, 0.3) is 0 Å². The molecule has 1 heteroatoms. The summed E-state index contributed by atoms with van der Waals surface area (Å²) in [6.07, 6.45) is 8.84. The highest BCUT2D eigenvalue weighted by atomic mass is 16.6. The van der Waals surface area contributed by atoms with Crippen molar-refractivity contribution in [2.75, 3.05) is 6.61 Å². The number of fused-ring (bicyclic) bond motifs is 1. The highest BCUT2D eigenvalue weighted by Gasteiger charge is 2.44. The molecular weight excluding hydrogens is 208 g/mol. The van der Waals surface area contributed by atoms with Crippen LogP contribution in [-0.4, -0.2) is 12.7 Å². The summed E-state index contributed by atoms with van der Waals surface area (Å²) in [7, 11) is 0. The van der Waals surface area contributed by atoms with Gasteiger partial charge in [-0.1, -0.05) is 31.9 Å². The highest BCUT2D eigenvalue weighted by Crippen LogP contribution is 2.49. The maximum atomic E-state index is 5.54. The lowest BCUT2D eigenvalue weighted by Gasteiger charge is -2.45. The van der Waals surface area contributed by atoms with Gasteiger partial charge >= 0.3 is 0 Å². The minimum Gasteiger partial charge on any atom is -0.373 e. The number of rotatable bonds is 2. The van der Waals surface area contributed by atoms with Gasteiger partial charge < -0.3 is 4.74 Å². The molecule has 2 aliphatic carbocycles. The smallest absolute Gasteiger partial charge is 0.0838 e. The summed E-state index contributed by atoms with van der Waals surface area (Å²) in [5, 5.41) is 0. The van der Waals surface area contributed by atoms with Crippen molar-refractivity contribution in [3.63, 3.8) is 0 Å². The fourth-order valence-electron chi connectivity index (χ4n) is 4.34. The molecule has 2 fully saturated rings. The molecule has 1 saturated heterocycles. The first-order chi connectivity index (χ1) is 8.16. The fraction of sp³-hybridized carbons (Fsp3) is 0.875. The van der Waals surface area contributed by atoms with E-state index in [1.807, 2.05) is 0 Å². The van der Waals surface area contributed by atoms with E-state index in [9.17, 15) is 0 Å². The number of hydrogen-bond donors (Lipinski definition) is 0. The number of ether oxygens (including phenoxy) is 1. The van der Waals surface area contributed by atoms with Gasteiger partial charge in [0.05, 0.1) is 12.7 Å². The molecule has 1 aliphatic heterocycles. The molecule has 1 heterocycles. The first-order valence-corrected chi connectivity index (χ1v) is 7.45. The summed E-state index contributed by atoms with van der Waals surface area (Å²) in [5.74, 6) is 4.41. The molecule has 0 spiro atoms. The van der Waals surface area contributed by atoms with Crippen LogP contribution in [0.3, 0.4) is 0 Å². The van der Waals surface area contributed by atoms with E-state index in [2.05, 4.69) is 26.8 Å². The average Bonchev–Trinajstić information content (AvgIpc) is 3.12. The molecule has 1 nitrogen and oxygen atoms in total. The Labute approximate surface area is 106 Å². The predicted molar refractivity (Wildman–Crippen MR) is 70.8 cm³/mol. The maximum absolute atomic E-state index is 5.54. The summed E-state index contributed by atoms with van der Waals surface area (Å²) in [4.78, 5) is 0. The second-order valence-corrected chi connectivity index (χ2v) is 6.74. The topological polar surface area (TPSA) is 12.5 Å². The Morgan fingerprint density at radius 2 is 2.06 bits per heavy atom. The third-order valence-electron chi connectivity index (χ3n) is 5.64. The molecule has 0 N–H and O–H groups in total. The molecule has 0 aromatic rings. The van der Waals surface area contributed by atoms with Gasteiger partial charge in [-0.3, -0.25) is 0 Å². The lowest BCUT2D eigenvalue weighted by atomic mass is 9.60. The first kappa shape index (κ1) is 11.8. The lowest BCUT2D eigenvalue weighted by Crippen LogP contribution is -2.38. The van der Waals surface area contributed by atoms with Crippen molar-refractivity contribution >= 4 is 0 Å². The van der Waals surface area contributed by atoms with Crippen LogP contribution in [0.2, 0.25) is 0 Å². The van der Waals surface area contributed by atoms with Gasteiger partial charge in [0.1, 0.15) is 0 Å². The van der Waals surface area contributed by atoms with Gasteiger partial charge in [0.25, 0.3) is 0 Å². The average molecular weight is 234 g/mol. The predicted octanol–water partition coefficient (Wildman–Crippen LogP) is 4.04. The molecule has 6 atom stereocenters. The van der Waals surface area contributed by atoms with Crippen molar-refractivity contribution in [3.8, 4) is 0 Å². The van der Waals surface area contributed by atoms with Gasteiger partial charge in [0.15, 0.2) is 0 Å². The van der Waals surface area contributed by atoms with Crippen molar-refractivity contribution in [2.24, 2.45) is 29.6 Å². The zero-order valence-corrected chi connectivity index (χ0v) is 11.5. The van der Waals surface area contributed by atoms with Crippen molar-refractivity contribution in [3.05, 3.63) is 11.6 Å². The molecule has 0 aromatic heterocycles. The van der Waals surface area contributed by atoms with Gasteiger partial charge in [-0.2, -0.15) is 0 Å². The summed E-state index contributed by atoms with van der Waals surface area (Å²) in [6, 6.07) is 0. The van der Waals surface area contributed by atoms with Crippen LogP contribution in [-0.2, 0) is 4.74 Å². The number of hydrogen-bond acceptors (Lipinski definition) is 1. The van der Waals surface area contributed by atoms with Crippen LogP contribution in [0.1, 0.15) is 46.5 Å². The van der Waals surface area contributed by atoms with Crippen molar-refractivity contribution in [2.45, 2.75) is 52.6 Å². The zero-order valence-electron chi connectivity index (χ0n) is 11.5. The Balaban J connectivity index is 1.81. The minimum atomic E-state index is 0.588. The van der Waals surface area contributed by atoms with Gasteiger partial charge in [-0.25, -0.2) is 0 Å². The fourth-order valence-corrected chi connectivity index (χ4v) is 4.34. The van der Waals surface area contributed by atoms with E-state index >= 15 is 0 Å². The lowest BCUT2D eigenvalue weighted by molar-refractivity contribution is 0.0725. The molecule has 0 amide bonds. The molecule has 0 unspecified atom stereocenters. The monoisotopic (exact) mass is 234 g/mol. The van der Waals surface area contributed by atoms with E-state index in [0.717, 1.165) is 36.2 Å². The van der Waals surface area contributed by atoms with Gasteiger partial charge in [0.2, 0.25) is 0 Å². The van der Waals surface area contributed by atoms with Crippen molar-refractivity contribution in [1.82, 2.24) is 0 Å². The summed E-state index contributed by atoms with van der Waals surface area (Å²) in [5.41, 5.74) is 1.63. The maximum Gasteiger partial charge on any atom is 0.0838 e. The SMILES string of the molecule is CC1=C[C@H]2[C@@H](CC1)[C@H](C)CC[C@H]2[C@@H](C)[C@H]1CO1. The molecule has 96 valence electrons. The van der Waals surface area contributed by atoms with E-state index < -0.39 is 0 Å². The van der Waals surface area contributed by atoms with E-state index in [4.69, 9.17) is 4.74 Å².